The highest BCUT2D eigenvalue weighted by Crippen LogP contribution is 2.25. The van der Waals surface area contributed by atoms with Gasteiger partial charge in [0.05, 0.1) is 48.3 Å². The van der Waals surface area contributed by atoms with Crippen molar-refractivity contribution in [3.63, 3.8) is 0 Å². The first-order valence-electron chi connectivity index (χ1n) is 7.37. The second-order valence-electron chi connectivity index (χ2n) is 5.31. The molecule has 26 heavy (non-hydrogen) atoms. The van der Waals surface area contributed by atoms with E-state index < -0.39 is 5.56 Å². The van der Waals surface area contributed by atoms with E-state index in [-0.39, 0.29) is 23.2 Å². The largest absolute Gasteiger partial charge is 0.450 e. The molecule has 130 valence electrons. The van der Waals surface area contributed by atoms with Crippen molar-refractivity contribution in [2.45, 2.75) is 13.5 Å². The lowest BCUT2D eigenvalue weighted by molar-refractivity contribution is 0.458. The molecule has 0 aliphatic heterocycles. The second kappa shape index (κ2) is 7.52. The van der Waals surface area contributed by atoms with Crippen LogP contribution in [0.25, 0.3) is 0 Å². The van der Waals surface area contributed by atoms with Crippen LogP contribution >= 0.6 is 23.2 Å². The Balaban J connectivity index is 1.95. The molecule has 9 heteroatoms. The standard InChI is InChI=1S/C17H11Cl2N5O2/c1-10-16(26-14-3-11(5-20)2-12(18)4-14)17(25)24(9-23-10)8-13-6-22-15(19)7-21-13/h2-4,6-7,9H,8H2,1H3. The van der Waals surface area contributed by atoms with Crippen molar-refractivity contribution in [1.82, 2.24) is 19.5 Å². The molecule has 0 atom stereocenters. The predicted molar refractivity (Wildman–Crippen MR) is 95.6 cm³/mol. The number of ether oxygens (including phenoxy) is 1. The Morgan fingerprint density at radius 3 is 2.69 bits per heavy atom. The number of hydrogen-bond donors (Lipinski definition) is 0. The van der Waals surface area contributed by atoms with Gasteiger partial charge < -0.3 is 4.74 Å². The van der Waals surface area contributed by atoms with Crippen molar-refractivity contribution in [3.8, 4) is 17.6 Å². The van der Waals surface area contributed by atoms with Crippen LogP contribution < -0.4 is 10.3 Å². The third-order valence-corrected chi connectivity index (χ3v) is 3.81. The van der Waals surface area contributed by atoms with Crippen LogP contribution in [-0.4, -0.2) is 19.5 Å². The number of nitrogens with zero attached hydrogens (tertiary/aromatic N) is 5. The van der Waals surface area contributed by atoms with Gasteiger partial charge in [-0.15, -0.1) is 0 Å². The van der Waals surface area contributed by atoms with Crippen LogP contribution in [-0.2, 0) is 6.54 Å². The van der Waals surface area contributed by atoms with E-state index in [9.17, 15) is 4.79 Å². The van der Waals surface area contributed by atoms with Gasteiger partial charge in [-0.1, -0.05) is 23.2 Å². The molecule has 0 N–H and O–H groups in total. The van der Waals surface area contributed by atoms with E-state index in [1.807, 2.05) is 6.07 Å². The predicted octanol–water partition coefficient (Wildman–Crippen LogP) is 3.36. The van der Waals surface area contributed by atoms with E-state index in [1.165, 1.54) is 41.5 Å². The molecule has 0 saturated heterocycles. The summed E-state index contributed by atoms with van der Waals surface area (Å²) in [5, 5.41) is 9.62. The van der Waals surface area contributed by atoms with Gasteiger partial charge in [0.15, 0.2) is 0 Å². The monoisotopic (exact) mass is 387 g/mol. The van der Waals surface area contributed by atoms with Gasteiger partial charge in [-0.05, 0) is 25.1 Å². The molecule has 7 nitrogen and oxygen atoms in total. The fraction of sp³-hybridized carbons (Fsp3) is 0.118. The Kier molecular flexibility index (Phi) is 5.16. The minimum Gasteiger partial charge on any atom is -0.450 e. The molecule has 0 amide bonds. The minimum atomic E-state index is -0.396. The molecule has 3 aromatic rings. The lowest BCUT2D eigenvalue weighted by Gasteiger charge is -2.11. The molecule has 0 fully saturated rings. The fourth-order valence-corrected chi connectivity index (χ4v) is 2.50. The first-order chi connectivity index (χ1) is 12.5. The molecule has 0 radical (unpaired) electrons. The first kappa shape index (κ1) is 17.9. The van der Waals surface area contributed by atoms with Crippen LogP contribution in [0.4, 0.5) is 0 Å². The van der Waals surface area contributed by atoms with Gasteiger partial charge in [0.25, 0.3) is 5.56 Å². The fourth-order valence-electron chi connectivity index (χ4n) is 2.18. The lowest BCUT2D eigenvalue weighted by atomic mass is 10.2. The lowest BCUT2D eigenvalue weighted by Crippen LogP contribution is -2.23. The van der Waals surface area contributed by atoms with Crippen LogP contribution in [0.1, 0.15) is 17.0 Å². The quantitative estimate of drug-likeness (QED) is 0.680. The number of nitriles is 1. The zero-order chi connectivity index (χ0) is 18.7. The SMILES string of the molecule is Cc1ncn(Cc2cnc(Cl)cn2)c(=O)c1Oc1cc(Cl)cc(C#N)c1. The summed E-state index contributed by atoms with van der Waals surface area (Å²) in [6.07, 6.45) is 4.28. The van der Waals surface area contributed by atoms with Gasteiger partial charge in [-0.2, -0.15) is 5.26 Å². The summed E-state index contributed by atoms with van der Waals surface area (Å²) in [5.41, 5.74) is 0.882. The topological polar surface area (TPSA) is 93.7 Å². The summed E-state index contributed by atoms with van der Waals surface area (Å²) in [6, 6.07) is 6.49. The third-order valence-electron chi connectivity index (χ3n) is 3.40. The molecule has 0 aliphatic carbocycles. The Hall–Kier alpha value is -2.95. The summed E-state index contributed by atoms with van der Waals surface area (Å²) in [4.78, 5) is 25.0. The molecule has 1 aromatic carbocycles. The number of rotatable bonds is 4. The number of aromatic nitrogens is 4. The molecule has 0 spiro atoms. The average Bonchev–Trinajstić information content (AvgIpc) is 2.62. The van der Waals surface area contributed by atoms with Crippen molar-refractivity contribution in [1.29, 1.82) is 5.26 Å². The van der Waals surface area contributed by atoms with Crippen LogP contribution in [0.15, 0.2) is 41.7 Å². The summed E-state index contributed by atoms with van der Waals surface area (Å²) in [5.74, 6) is 0.320. The molecule has 3 rings (SSSR count). The molecule has 2 heterocycles. The van der Waals surface area contributed by atoms with Crippen LogP contribution in [0, 0.1) is 18.3 Å². The van der Waals surface area contributed by atoms with Gasteiger partial charge >= 0.3 is 0 Å². The van der Waals surface area contributed by atoms with E-state index in [4.69, 9.17) is 33.2 Å². The van der Waals surface area contributed by atoms with Crippen molar-refractivity contribution in [2.24, 2.45) is 0 Å². The highest BCUT2D eigenvalue weighted by atomic mass is 35.5. The van der Waals surface area contributed by atoms with Crippen molar-refractivity contribution >= 4 is 23.2 Å². The van der Waals surface area contributed by atoms with Gasteiger partial charge in [0, 0.05) is 5.02 Å². The van der Waals surface area contributed by atoms with Gasteiger partial charge in [-0.25, -0.2) is 9.97 Å². The highest BCUT2D eigenvalue weighted by Gasteiger charge is 2.13. The summed E-state index contributed by atoms with van der Waals surface area (Å²) in [6.45, 7) is 1.81. The molecular formula is C17H11Cl2N5O2. The van der Waals surface area contributed by atoms with Crippen LogP contribution in [0.3, 0.4) is 0 Å². The summed E-state index contributed by atoms with van der Waals surface area (Å²) in [7, 11) is 0. The normalized spacial score (nSPS) is 10.4. The third kappa shape index (κ3) is 3.99. The molecule has 0 unspecified atom stereocenters. The van der Waals surface area contributed by atoms with E-state index >= 15 is 0 Å². The Bertz CT molecular complexity index is 1060. The number of halogens is 2. The Labute approximate surface area is 158 Å². The van der Waals surface area contributed by atoms with Crippen molar-refractivity contribution < 1.29 is 4.74 Å². The number of aryl methyl sites for hydroxylation is 1. The maximum absolute atomic E-state index is 12.7. The van der Waals surface area contributed by atoms with E-state index in [0.717, 1.165) is 0 Å². The molecule has 0 aliphatic rings. The van der Waals surface area contributed by atoms with Gasteiger partial charge in [0.1, 0.15) is 10.9 Å². The van der Waals surface area contributed by atoms with Gasteiger partial charge in [-0.3, -0.25) is 14.3 Å². The van der Waals surface area contributed by atoms with Crippen LogP contribution in [0.5, 0.6) is 11.5 Å². The molecule has 0 bridgehead atoms. The Morgan fingerprint density at radius 1 is 1.19 bits per heavy atom. The summed E-state index contributed by atoms with van der Waals surface area (Å²) < 4.78 is 7.02. The zero-order valence-electron chi connectivity index (χ0n) is 13.5. The number of benzene rings is 1. The second-order valence-corrected chi connectivity index (χ2v) is 6.14. The maximum Gasteiger partial charge on any atom is 0.296 e. The molecule has 2 aromatic heterocycles. The molecular weight excluding hydrogens is 377 g/mol. The minimum absolute atomic E-state index is 0.0422. The molecule has 0 saturated carbocycles. The van der Waals surface area contributed by atoms with Crippen LogP contribution in [0.2, 0.25) is 10.2 Å². The van der Waals surface area contributed by atoms with Gasteiger partial charge in [0.2, 0.25) is 5.75 Å². The smallest absolute Gasteiger partial charge is 0.296 e. The summed E-state index contributed by atoms with van der Waals surface area (Å²) >= 11 is 11.7. The van der Waals surface area contributed by atoms with Crippen molar-refractivity contribution in [2.75, 3.05) is 0 Å². The van der Waals surface area contributed by atoms with E-state index in [1.54, 1.807) is 6.92 Å². The zero-order valence-corrected chi connectivity index (χ0v) is 15.0. The Morgan fingerprint density at radius 2 is 2.00 bits per heavy atom. The highest BCUT2D eigenvalue weighted by molar-refractivity contribution is 6.30. The van der Waals surface area contributed by atoms with E-state index in [2.05, 4.69) is 15.0 Å². The average molecular weight is 388 g/mol. The first-order valence-corrected chi connectivity index (χ1v) is 8.13. The van der Waals surface area contributed by atoms with E-state index in [0.29, 0.717) is 22.0 Å². The maximum atomic E-state index is 12.7. The number of hydrogen-bond acceptors (Lipinski definition) is 6. The van der Waals surface area contributed by atoms with Crippen molar-refractivity contribution in [3.05, 3.63) is 74.4 Å².